The normalized spacial score (nSPS) is 27.5. The average Bonchev–Trinajstić information content (AvgIpc) is 2.96. The molecule has 2 aliphatic rings. The minimum atomic E-state index is -0.870. The molecule has 3 unspecified atom stereocenters. The third-order valence-electron chi connectivity index (χ3n) is 6.57. The fourth-order valence-electron chi connectivity index (χ4n) is 5.01. The molecule has 3 atom stereocenters. The second-order valence-corrected chi connectivity index (χ2v) is 8.27. The zero-order chi connectivity index (χ0) is 19.2. The first kappa shape index (κ1) is 18.6. The maximum absolute atomic E-state index is 13.4. The van der Waals surface area contributed by atoms with Gasteiger partial charge in [0.05, 0.1) is 5.60 Å². The summed E-state index contributed by atoms with van der Waals surface area (Å²) in [6.45, 7) is 5.45. The van der Waals surface area contributed by atoms with Crippen LogP contribution in [-0.4, -0.2) is 34.4 Å². The van der Waals surface area contributed by atoms with E-state index >= 15 is 0 Å². The number of rotatable bonds is 3. The molecule has 1 saturated heterocycles. The molecule has 2 N–H and O–H groups in total. The Morgan fingerprint density at radius 2 is 1.78 bits per heavy atom. The molecule has 0 aromatic heterocycles. The smallest absolute Gasteiger partial charge is 0.123 e. The van der Waals surface area contributed by atoms with Crippen LogP contribution in [0.4, 0.5) is 4.39 Å². The Kier molecular flexibility index (Phi) is 4.83. The van der Waals surface area contributed by atoms with Gasteiger partial charge in [-0.2, -0.15) is 0 Å². The fourth-order valence-corrected chi connectivity index (χ4v) is 5.01. The maximum atomic E-state index is 13.4. The van der Waals surface area contributed by atoms with E-state index in [-0.39, 0.29) is 17.7 Å². The lowest BCUT2D eigenvalue weighted by atomic mass is 9.76. The Bertz CT molecular complexity index is 812. The number of nitrogens with zero attached hydrogens (tertiary/aromatic N) is 1. The minimum Gasteiger partial charge on any atom is -0.385 e. The molecule has 1 fully saturated rings. The number of fused-ring (bicyclic) bond motifs is 1. The molecule has 1 heterocycles. The summed E-state index contributed by atoms with van der Waals surface area (Å²) in [5.41, 5.74) is 3.53. The van der Waals surface area contributed by atoms with Crippen LogP contribution in [-0.2, 0) is 5.60 Å². The van der Waals surface area contributed by atoms with E-state index in [2.05, 4.69) is 30.0 Å². The van der Waals surface area contributed by atoms with Gasteiger partial charge in [-0.05, 0) is 67.9 Å². The Balaban J connectivity index is 1.68. The third-order valence-corrected chi connectivity index (χ3v) is 6.57. The molecule has 0 saturated carbocycles. The van der Waals surface area contributed by atoms with Gasteiger partial charge in [0.25, 0.3) is 0 Å². The van der Waals surface area contributed by atoms with E-state index < -0.39 is 11.8 Å². The van der Waals surface area contributed by atoms with Gasteiger partial charge in [0.15, 0.2) is 0 Å². The van der Waals surface area contributed by atoms with Gasteiger partial charge in [0.1, 0.15) is 12.0 Å². The molecular weight excluding hydrogens is 341 g/mol. The van der Waals surface area contributed by atoms with Gasteiger partial charge < -0.3 is 10.2 Å². The van der Waals surface area contributed by atoms with Crippen molar-refractivity contribution in [3.8, 4) is 0 Å². The maximum Gasteiger partial charge on any atom is 0.123 e. The summed E-state index contributed by atoms with van der Waals surface area (Å²) < 4.78 is 13.4. The highest BCUT2D eigenvalue weighted by Crippen LogP contribution is 2.53. The van der Waals surface area contributed by atoms with Crippen LogP contribution in [0, 0.1) is 18.7 Å². The molecular formula is C23H28FNO2. The van der Waals surface area contributed by atoms with E-state index in [9.17, 15) is 14.6 Å². The van der Waals surface area contributed by atoms with Gasteiger partial charge in [0, 0.05) is 19.0 Å². The van der Waals surface area contributed by atoms with Gasteiger partial charge in [-0.25, -0.2) is 4.39 Å². The molecule has 0 radical (unpaired) electrons. The highest BCUT2D eigenvalue weighted by atomic mass is 19.1. The molecule has 3 nitrogen and oxygen atoms in total. The monoisotopic (exact) mass is 369 g/mol. The van der Waals surface area contributed by atoms with Crippen LogP contribution in [0.2, 0.25) is 0 Å². The Morgan fingerprint density at radius 3 is 2.41 bits per heavy atom. The standard InChI is InChI=1S/C23H28FNO2/c1-15-3-8-20-21(17-4-6-19(24)7-5-17)14-23(27,22(20)13-15)18-9-11-25(12-10-18)16(2)26/h3-8,13,16,18,21,26-27H,9-12,14H2,1-2H3. The minimum absolute atomic E-state index is 0.0843. The first-order valence-corrected chi connectivity index (χ1v) is 9.89. The van der Waals surface area contributed by atoms with Gasteiger partial charge in [-0.1, -0.05) is 35.9 Å². The Morgan fingerprint density at radius 1 is 1.11 bits per heavy atom. The largest absolute Gasteiger partial charge is 0.385 e. The van der Waals surface area contributed by atoms with Gasteiger partial charge in [-0.3, -0.25) is 4.90 Å². The number of hydrogen-bond donors (Lipinski definition) is 2. The lowest BCUT2D eigenvalue weighted by Crippen LogP contribution is -2.45. The van der Waals surface area contributed by atoms with E-state index in [0.29, 0.717) is 6.42 Å². The molecule has 4 rings (SSSR count). The van der Waals surface area contributed by atoms with Crippen molar-refractivity contribution >= 4 is 0 Å². The zero-order valence-electron chi connectivity index (χ0n) is 16.0. The fraction of sp³-hybridized carbons (Fsp3) is 0.478. The Labute approximate surface area is 160 Å². The number of aliphatic hydroxyl groups excluding tert-OH is 1. The van der Waals surface area contributed by atoms with Crippen molar-refractivity contribution in [1.29, 1.82) is 0 Å². The molecule has 144 valence electrons. The van der Waals surface area contributed by atoms with Crippen molar-refractivity contribution in [3.63, 3.8) is 0 Å². The van der Waals surface area contributed by atoms with Crippen molar-refractivity contribution in [2.24, 2.45) is 5.92 Å². The zero-order valence-corrected chi connectivity index (χ0v) is 16.0. The summed E-state index contributed by atoms with van der Waals surface area (Å²) in [6, 6.07) is 13.0. The van der Waals surface area contributed by atoms with Crippen LogP contribution in [0.1, 0.15) is 54.4 Å². The first-order chi connectivity index (χ1) is 12.9. The van der Waals surface area contributed by atoms with E-state index in [1.807, 2.05) is 12.1 Å². The number of benzene rings is 2. The topological polar surface area (TPSA) is 43.7 Å². The predicted molar refractivity (Wildman–Crippen MR) is 104 cm³/mol. The highest BCUT2D eigenvalue weighted by Gasteiger charge is 2.48. The lowest BCUT2D eigenvalue weighted by Gasteiger charge is -2.41. The molecule has 2 aromatic carbocycles. The van der Waals surface area contributed by atoms with E-state index in [0.717, 1.165) is 48.2 Å². The van der Waals surface area contributed by atoms with Crippen molar-refractivity contribution in [3.05, 3.63) is 70.5 Å². The summed E-state index contributed by atoms with van der Waals surface area (Å²) in [7, 11) is 0. The van der Waals surface area contributed by atoms with E-state index in [4.69, 9.17) is 0 Å². The number of piperidine rings is 1. The molecule has 1 aliphatic heterocycles. The molecule has 0 spiro atoms. The summed E-state index contributed by atoms with van der Waals surface area (Å²) >= 11 is 0. The predicted octanol–water partition coefficient (Wildman–Crippen LogP) is 3.91. The summed E-state index contributed by atoms with van der Waals surface area (Å²) in [5.74, 6) is 0.0149. The number of likely N-dealkylation sites (tertiary alicyclic amines) is 1. The molecule has 0 bridgehead atoms. The molecule has 0 amide bonds. The molecule has 2 aromatic rings. The number of halogens is 1. The number of hydrogen-bond acceptors (Lipinski definition) is 3. The molecule has 4 heteroatoms. The van der Waals surface area contributed by atoms with Gasteiger partial charge in [0.2, 0.25) is 0 Å². The Hall–Kier alpha value is -1.75. The number of aryl methyl sites for hydroxylation is 1. The van der Waals surface area contributed by atoms with E-state index in [1.54, 1.807) is 6.92 Å². The van der Waals surface area contributed by atoms with Crippen molar-refractivity contribution < 1.29 is 14.6 Å². The van der Waals surface area contributed by atoms with Crippen LogP contribution in [0.3, 0.4) is 0 Å². The van der Waals surface area contributed by atoms with Crippen molar-refractivity contribution in [1.82, 2.24) is 4.90 Å². The highest BCUT2D eigenvalue weighted by molar-refractivity contribution is 5.48. The summed E-state index contributed by atoms with van der Waals surface area (Å²) in [5, 5.41) is 21.7. The third kappa shape index (κ3) is 3.31. The summed E-state index contributed by atoms with van der Waals surface area (Å²) in [6.07, 6.45) is 1.93. The van der Waals surface area contributed by atoms with Crippen LogP contribution < -0.4 is 0 Å². The van der Waals surface area contributed by atoms with Gasteiger partial charge in [-0.15, -0.1) is 0 Å². The average molecular weight is 369 g/mol. The van der Waals surface area contributed by atoms with Crippen LogP contribution in [0.25, 0.3) is 0 Å². The van der Waals surface area contributed by atoms with Crippen molar-refractivity contribution in [2.75, 3.05) is 13.1 Å². The van der Waals surface area contributed by atoms with Crippen molar-refractivity contribution in [2.45, 2.75) is 50.9 Å². The molecule has 27 heavy (non-hydrogen) atoms. The lowest BCUT2D eigenvalue weighted by molar-refractivity contribution is -0.0725. The van der Waals surface area contributed by atoms with Crippen LogP contribution >= 0.6 is 0 Å². The second-order valence-electron chi connectivity index (χ2n) is 8.27. The van der Waals surface area contributed by atoms with E-state index in [1.165, 1.54) is 12.1 Å². The van der Waals surface area contributed by atoms with Gasteiger partial charge >= 0.3 is 0 Å². The SMILES string of the molecule is Cc1ccc2c(c1)C(O)(C1CCN(C(C)O)CC1)CC2c1ccc(F)cc1. The van der Waals surface area contributed by atoms with Crippen LogP contribution in [0.5, 0.6) is 0 Å². The second kappa shape index (κ2) is 7.01. The molecule has 1 aliphatic carbocycles. The van der Waals surface area contributed by atoms with Crippen LogP contribution in [0.15, 0.2) is 42.5 Å². The quantitative estimate of drug-likeness (QED) is 0.862. The summed E-state index contributed by atoms with van der Waals surface area (Å²) in [4.78, 5) is 2.06. The number of aliphatic hydroxyl groups is 2. The first-order valence-electron chi connectivity index (χ1n) is 9.89.